The highest BCUT2D eigenvalue weighted by molar-refractivity contribution is 6.17. The lowest BCUT2D eigenvalue weighted by Gasteiger charge is -2.36. The number of anilines is 1. The van der Waals surface area contributed by atoms with E-state index in [-0.39, 0.29) is 53.5 Å². The third-order valence-corrected chi connectivity index (χ3v) is 7.36. The fourth-order valence-electron chi connectivity index (χ4n) is 4.94. The van der Waals surface area contributed by atoms with E-state index >= 15 is 0 Å². The highest BCUT2D eigenvalue weighted by Crippen LogP contribution is 2.40. The minimum Gasteiger partial charge on any atom is -0.465 e. The molecular formula is C29H35ClF3NO6. The van der Waals surface area contributed by atoms with Crippen LogP contribution in [0.1, 0.15) is 54.1 Å². The summed E-state index contributed by atoms with van der Waals surface area (Å²) in [5, 5.41) is 0. The second-order valence-corrected chi connectivity index (χ2v) is 10.2. The summed E-state index contributed by atoms with van der Waals surface area (Å²) < 4.78 is 62.6. The monoisotopic (exact) mass is 585 g/mol. The van der Waals surface area contributed by atoms with Gasteiger partial charge >= 0.3 is 12.1 Å². The zero-order valence-corrected chi connectivity index (χ0v) is 23.8. The first-order valence-corrected chi connectivity index (χ1v) is 13.5. The van der Waals surface area contributed by atoms with Gasteiger partial charge in [0.1, 0.15) is 11.5 Å². The predicted molar refractivity (Wildman–Crippen MR) is 145 cm³/mol. The van der Waals surface area contributed by atoms with Gasteiger partial charge in [-0.25, -0.2) is 4.79 Å². The van der Waals surface area contributed by atoms with Gasteiger partial charge in [0.2, 0.25) is 5.91 Å². The molecule has 0 radical (unpaired) electrons. The van der Waals surface area contributed by atoms with Crippen LogP contribution in [0.2, 0.25) is 0 Å². The molecule has 3 rings (SSSR count). The standard InChI is InChI=1S/C29H35ClF3NO6/c1-18-5-8-20(9-6-18)27(35)34(21(16-37-2)17-38-3)25-11-10-22(14-23(25)28(36)39-4)40-26-12-7-19(15-30)13-24(26)29(31,32)33/h7,10-14,18,20-21H,5-6,8-9,15-17H2,1-4H3/t18-,20-. The average molecular weight is 586 g/mol. The van der Waals surface area contributed by atoms with Crippen molar-refractivity contribution in [3.05, 3.63) is 53.1 Å². The molecule has 220 valence electrons. The van der Waals surface area contributed by atoms with Gasteiger partial charge in [0.05, 0.1) is 43.2 Å². The van der Waals surface area contributed by atoms with Crippen molar-refractivity contribution < 1.29 is 41.7 Å². The van der Waals surface area contributed by atoms with Crippen LogP contribution in [-0.2, 0) is 31.1 Å². The van der Waals surface area contributed by atoms with Crippen LogP contribution in [0, 0.1) is 11.8 Å². The predicted octanol–water partition coefficient (Wildman–Crippen LogP) is 6.84. The second kappa shape index (κ2) is 14.2. The Hall–Kier alpha value is -2.82. The smallest absolute Gasteiger partial charge is 0.419 e. The van der Waals surface area contributed by atoms with Crippen LogP contribution in [-0.4, -0.2) is 52.5 Å². The van der Waals surface area contributed by atoms with Crippen molar-refractivity contribution in [2.45, 2.75) is 50.7 Å². The third-order valence-electron chi connectivity index (χ3n) is 7.05. The van der Waals surface area contributed by atoms with Crippen molar-refractivity contribution in [1.29, 1.82) is 0 Å². The van der Waals surface area contributed by atoms with Gasteiger partial charge in [0.15, 0.2) is 0 Å². The van der Waals surface area contributed by atoms with Crippen LogP contribution in [0.3, 0.4) is 0 Å². The Kier molecular flexibility index (Phi) is 11.2. The number of halogens is 4. The number of rotatable bonds is 11. The van der Waals surface area contributed by atoms with Crippen molar-refractivity contribution in [2.75, 3.05) is 39.4 Å². The number of esters is 1. The largest absolute Gasteiger partial charge is 0.465 e. The molecule has 0 N–H and O–H groups in total. The zero-order valence-electron chi connectivity index (χ0n) is 23.1. The number of carbonyl (C=O) groups is 2. The molecule has 0 aliphatic heterocycles. The summed E-state index contributed by atoms with van der Waals surface area (Å²) in [7, 11) is 4.18. The maximum absolute atomic E-state index is 13.9. The van der Waals surface area contributed by atoms with Gasteiger partial charge < -0.3 is 23.8 Å². The van der Waals surface area contributed by atoms with Crippen LogP contribution in [0.4, 0.5) is 18.9 Å². The Bertz CT molecular complexity index is 1160. The highest BCUT2D eigenvalue weighted by atomic mass is 35.5. The summed E-state index contributed by atoms with van der Waals surface area (Å²) in [4.78, 5) is 28.4. The molecule has 0 bridgehead atoms. The van der Waals surface area contributed by atoms with Gasteiger partial charge in [-0.1, -0.05) is 13.0 Å². The summed E-state index contributed by atoms with van der Waals surface area (Å²) in [6, 6.07) is 7.12. The fraction of sp³-hybridized carbons (Fsp3) is 0.517. The second-order valence-electron chi connectivity index (χ2n) is 9.96. The third kappa shape index (κ3) is 7.67. The molecule has 0 aromatic heterocycles. The van der Waals surface area contributed by atoms with Gasteiger partial charge in [-0.15, -0.1) is 11.6 Å². The van der Waals surface area contributed by atoms with Crippen LogP contribution in [0.15, 0.2) is 36.4 Å². The minimum atomic E-state index is -4.70. The molecule has 40 heavy (non-hydrogen) atoms. The molecule has 0 unspecified atom stereocenters. The highest BCUT2D eigenvalue weighted by Gasteiger charge is 2.37. The molecular weight excluding hydrogens is 551 g/mol. The van der Waals surface area contributed by atoms with Crippen molar-refractivity contribution in [1.82, 2.24) is 0 Å². The van der Waals surface area contributed by atoms with E-state index in [2.05, 4.69) is 6.92 Å². The zero-order chi connectivity index (χ0) is 29.4. The lowest BCUT2D eigenvalue weighted by atomic mass is 9.82. The molecule has 1 saturated carbocycles. The Morgan fingerprint density at radius 2 is 1.65 bits per heavy atom. The summed E-state index contributed by atoms with van der Waals surface area (Å²) in [6.07, 6.45) is -1.47. The number of carbonyl (C=O) groups excluding carboxylic acids is 2. The van der Waals surface area contributed by atoms with Crippen LogP contribution in [0.25, 0.3) is 0 Å². The van der Waals surface area contributed by atoms with Gasteiger partial charge in [-0.2, -0.15) is 13.2 Å². The lowest BCUT2D eigenvalue weighted by molar-refractivity contribution is -0.138. The topological polar surface area (TPSA) is 74.3 Å². The molecule has 1 amide bonds. The summed E-state index contributed by atoms with van der Waals surface area (Å²) in [5.41, 5.74) is -0.533. The first-order chi connectivity index (χ1) is 19.0. The first kappa shape index (κ1) is 31.7. The summed E-state index contributed by atoms with van der Waals surface area (Å²) in [5.74, 6) is -1.29. The van der Waals surface area contributed by atoms with E-state index in [1.54, 1.807) is 0 Å². The average Bonchev–Trinajstić information content (AvgIpc) is 2.93. The van der Waals surface area contributed by atoms with E-state index in [4.69, 9.17) is 30.5 Å². The van der Waals surface area contributed by atoms with Crippen LogP contribution >= 0.6 is 11.6 Å². The molecule has 11 heteroatoms. The van der Waals surface area contributed by atoms with E-state index in [0.29, 0.717) is 18.8 Å². The Morgan fingerprint density at radius 1 is 1.00 bits per heavy atom. The van der Waals surface area contributed by atoms with Crippen LogP contribution in [0.5, 0.6) is 11.5 Å². The number of methoxy groups -OCH3 is 3. The molecule has 0 atom stereocenters. The van der Waals surface area contributed by atoms with Gasteiger partial charge in [-0.05, 0) is 67.5 Å². The van der Waals surface area contributed by atoms with E-state index in [1.165, 1.54) is 56.6 Å². The number of alkyl halides is 4. The molecule has 0 heterocycles. The molecule has 1 fully saturated rings. The molecule has 1 aliphatic carbocycles. The Morgan fingerprint density at radius 3 is 2.20 bits per heavy atom. The first-order valence-electron chi connectivity index (χ1n) is 13.0. The SMILES string of the molecule is COCC(COC)N(c1ccc(Oc2ccc(CCl)cc2C(F)(F)F)cc1C(=O)OC)C(=O)[C@H]1CC[C@H](C)CC1. The molecule has 2 aromatic rings. The van der Waals surface area contributed by atoms with E-state index in [1.807, 2.05) is 0 Å². The van der Waals surface area contributed by atoms with Crippen LogP contribution < -0.4 is 9.64 Å². The van der Waals surface area contributed by atoms with Crippen molar-refractivity contribution in [3.63, 3.8) is 0 Å². The normalized spacial score (nSPS) is 17.5. The number of ether oxygens (including phenoxy) is 4. The summed E-state index contributed by atoms with van der Waals surface area (Å²) >= 11 is 5.73. The van der Waals surface area contributed by atoms with E-state index < -0.39 is 29.5 Å². The van der Waals surface area contributed by atoms with Gasteiger partial charge in [0, 0.05) is 26.0 Å². The maximum atomic E-state index is 13.9. The molecule has 0 saturated heterocycles. The van der Waals surface area contributed by atoms with Crippen molar-refractivity contribution in [2.24, 2.45) is 11.8 Å². The Balaban J connectivity index is 2.09. The number of benzene rings is 2. The number of amides is 1. The van der Waals surface area contributed by atoms with Gasteiger partial charge in [-0.3, -0.25) is 4.79 Å². The number of hydrogen-bond donors (Lipinski definition) is 0. The van der Waals surface area contributed by atoms with Crippen molar-refractivity contribution in [3.8, 4) is 11.5 Å². The number of nitrogens with zero attached hydrogens (tertiary/aromatic N) is 1. The number of hydrogen-bond acceptors (Lipinski definition) is 6. The Labute approximate surface area is 237 Å². The molecule has 0 spiro atoms. The van der Waals surface area contributed by atoms with Gasteiger partial charge in [0.25, 0.3) is 0 Å². The molecule has 7 nitrogen and oxygen atoms in total. The van der Waals surface area contributed by atoms with E-state index in [0.717, 1.165) is 18.9 Å². The fourth-order valence-corrected chi connectivity index (χ4v) is 5.11. The molecule has 1 aliphatic rings. The molecule has 2 aromatic carbocycles. The quantitative estimate of drug-likeness (QED) is 0.212. The lowest BCUT2D eigenvalue weighted by Crippen LogP contribution is -2.49. The van der Waals surface area contributed by atoms with Crippen molar-refractivity contribution >= 4 is 29.2 Å². The maximum Gasteiger partial charge on any atom is 0.419 e. The summed E-state index contributed by atoms with van der Waals surface area (Å²) in [6.45, 7) is 2.41. The van der Waals surface area contributed by atoms with E-state index in [9.17, 15) is 22.8 Å². The minimum absolute atomic E-state index is 0.0396.